The Bertz CT molecular complexity index is 1030. The van der Waals surface area contributed by atoms with E-state index >= 15 is 0 Å². The van der Waals surface area contributed by atoms with E-state index in [4.69, 9.17) is 0 Å². The quantitative estimate of drug-likeness (QED) is 0.486. The minimum Gasteiger partial charge on any atom is -0.307 e. The number of hydrogen-bond donors (Lipinski definition) is 2. The van der Waals surface area contributed by atoms with E-state index in [2.05, 4.69) is 10.0 Å². The normalized spacial score (nSPS) is 13.5. The first-order valence-electron chi connectivity index (χ1n) is 9.78. The van der Waals surface area contributed by atoms with Crippen molar-refractivity contribution in [3.05, 3.63) is 70.5 Å². The summed E-state index contributed by atoms with van der Waals surface area (Å²) in [6, 6.07) is 7.74. The molecule has 0 aromatic heterocycles. The van der Waals surface area contributed by atoms with E-state index in [1.165, 1.54) is 24.3 Å². The van der Waals surface area contributed by atoms with Gasteiger partial charge in [-0.1, -0.05) is 37.6 Å². The molecule has 1 atom stereocenters. The van der Waals surface area contributed by atoms with Crippen molar-refractivity contribution in [1.82, 2.24) is 5.32 Å². The lowest BCUT2D eigenvalue weighted by Crippen LogP contribution is -2.19. The minimum absolute atomic E-state index is 0.121. The van der Waals surface area contributed by atoms with Crippen LogP contribution in [0.25, 0.3) is 6.08 Å². The highest BCUT2D eigenvalue weighted by Gasteiger charge is 2.30. The molecule has 4 nitrogen and oxygen atoms in total. The summed E-state index contributed by atoms with van der Waals surface area (Å²) in [7, 11) is -3.57. The monoisotopic (exact) mass is 458 g/mol. The van der Waals surface area contributed by atoms with Gasteiger partial charge in [-0.25, -0.2) is 12.8 Å². The fourth-order valence-electron chi connectivity index (χ4n) is 3.06. The first-order chi connectivity index (χ1) is 14.4. The first kappa shape index (κ1) is 24.9. The SMILES string of the molecule is CCCc1cc(C(F)(F)F)ccc1/C=C/CNC(C)c1ccc(NS(C)(=O)=O)c(F)c1. The predicted octanol–water partition coefficient (Wildman–Crippen LogP) is 5.53. The van der Waals surface area contributed by atoms with Crippen molar-refractivity contribution in [2.45, 2.75) is 38.9 Å². The molecule has 0 spiro atoms. The van der Waals surface area contributed by atoms with Crippen molar-refractivity contribution >= 4 is 21.8 Å². The molecule has 0 aliphatic rings. The van der Waals surface area contributed by atoms with Gasteiger partial charge in [-0.2, -0.15) is 13.2 Å². The van der Waals surface area contributed by atoms with Crippen LogP contribution in [0.2, 0.25) is 0 Å². The van der Waals surface area contributed by atoms with Crippen LogP contribution >= 0.6 is 0 Å². The maximum Gasteiger partial charge on any atom is 0.416 e. The van der Waals surface area contributed by atoms with Crippen molar-refractivity contribution in [3.8, 4) is 0 Å². The fraction of sp³-hybridized carbons (Fsp3) is 0.364. The van der Waals surface area contributed by atoms with Crippen molar-refractivity contribution in [3.63, 3.8) is 0 Å². The highest BCUT2D eigenvalue weighted by atomic mass is 32.2. The molecule has 1 unspecified atom stereocenters. The Labute approximate surface area is 180 Å². The Kier molecular flexibility index (Phi) is 8.25. The number of rotatable bonds is 9. The van der Waals surface area contributed by atoms with Gasteiger partial charge in [0.15, 0.2) is 0 Å². The number of halogens is 4. The van der Waals surface area contributed by atoms with E-state index in [0.29, 0.717) is 24.1 Å². The maximum absolute atomic E-state index is 14.1. The van der Waals surface area contributed by atoms with Gasteiger partial charge in [-0.3, -0.25) is 4.72 Å². The Balaban J connectivity index is 2.03. The Hall–Kier alpha value is -2.39. The molecular formula is C22H26F4N2O2S. The summed E-state index contributed by atoms with van der Waals surface area (Å²) in [5, 5.41) is 3.18. The van der Waals surface area contributed by atoms with Crippen LogP contribution in [0.1, 0.15) is 48.6 Å². The van der Waals surface area contributed by atoms with Gasteiger partial charge >= 0.3 is 6.18 Å². The molecule has 0 bridgehead atoms. The van der Waals surface area contributed by atoms with Gasteiger partial charge in [0.05, 0.1) is 17.5 Å². The van der Waals surface area contributed by atoms with Crippen molar-refractivity contribution in [1.29, 1.82) is 0 Å². The van der Waals surface area contributed by atoms with Gasteiger partial charge in [0, 0.05) is 12.6 Å². The maximum atomic E-state index is 14.1. The topological polar surface area (TPSA) is 58.2 Å². The molecule has 2 rings (SSSR count). The summed E-state index contributed by atoms with van der Waals surface area (Å²) in [6.45, 7) is 4.15. The molecule has 0 fully saturated rings. The summed E-state index contributed by atoms with van der Waals surface area (Å²) in [4.78, 5) is 0. The number of alkyl halides is 3. The van der Waals surface area contributed by atoms with Crippen molar-refractivity contribution in [2.75, 3.05) is 17.5 Å². The Morgan fingerprint density at radius 2 is 1.84 bits per heavy atom. The van der Waals surface area contributed by atoms with Crippen LogP contribution in [0.4, 0.5) is 23.2 Å². The third-order valence-electron chi connectivity index (χ3n) is 4.62. The molecule has 2 N–H and O–H groups in total. The Morgan fingerprint density at radius 1 is 1.13 bits per heavy atom. The van der Waals surface area contributed by atoms with E-state index in [-0.39, 0.29) is 11.7 Å². The minimum atomic E-state index is -4.37. The molecule has 0 aliphatic carbocycles. The summed E-state index contributed by atoms with van der Waals surface area (Å²) in [5.74, 6) is -0.680. The van der Waals surface area contributed by atoms with Gasteiger partial charge in [-0.05, 0) is 54.3 Å². The molecule has 0 amide bonds. The molecular weight excluding hydrogens is 432 g/mol. The van der Waals surface area contributed by atoms with Crippen molar-refractivity contribution < 1.29 is 26.0 Å². The van der Waals surface area contributed by atoms with Gasteiger partial charge in [0.25, 0.3) is 0 Å². The highest BCUT2D eigenvalue weighted by molar-refractivity contribution is 7.92. The first-order valence-corrected chi connectivity index (χ1v) is 11.7. The van der Waals surface area contributed by atoms with Crippen LogP contribution in [0, 0.1) is 5.82 Å². The summed E-state index contributed by atoms with van der Waals surface area (Å²) < 4.78 is 77.6. The van der Waals surface area contributed by atoms with E-state index in [1.54, 1.807) is 18.2 Å². The second kappa shape index (κ2) is 10.3. The lowest BCUT2D eigenvalue weighted by molar-refractivity contribution is -0.137. The van der Waals surface area contributed by atoms with Crippen LogP contribution in [0.15, 0.2) is 42.5 Å². The third kappa shape index (κ3) is 7.66. The van der Waals surface area contributed by atoms with Gasteiger partial charge in [0.2, 0.25) is 10.0 Å². The molecule has 0 heterocycles. The van der Waals surface area contributed by atoms with Crippen LogP contribution in [-0.2, 0) is 22.6 Å². The zero-order valence-corrected chi connectivity index (χ0v) is 18.4. The number of hydrogen-bond acceptors (Lipinski definition) is 3. The van der Waals surface area contributed by atoms with Gasteiger partial charge in [0.1, 0.15) is 5.82 Å². The molecule has 0 saturated carbocycles. The van der Waals surface area contributed by atoms with Gasteiger partial charge < -0.3 is 5.32 Å². The number of aryl methyl sites for hydroxylation is 1. The van der Waals surface area contributed by atoms with Crippen LogP contribution in [0.3, 0.4) is 0 Å². The molecule has 0 saturated heterocycles. The molecule has 9 heteroatoms. The summed E-state index contributed by atoms with van der Waals surface area (Å²) >= 11 is 0. The summed E-state index contributed by atoms with van der Waals surface area (Å²) in [5.41, 5.74) is 1.22. The zero-order valence-electron chi connectivity index (χ0n) is 17.6. The zero-order chi connectivity index (χ0) is 23.2. The molecule has 0 radical (unpaired) electrons. The molecule has 0 aliphatic heterocycles. The average molecular weight is 459 g/mol. The van der Waals surface area contributed by atoms with E-state index in [9.17, 15) is 26.0 Å². The fourth-order valence-corrected chi connectivity index (χ4v) is 3.63. The second-order valence-electron chi connectivity index (χ2n) is 7.31. The second-order valence-corrected chi connectivity index (χ2v) is 9.06. The van der Waals surface area contributed by atoms with Gasteiger partial charge in [-0.15, -0.1) is 0 Å². The highest BCUT2D eigenvalue weighted by Crippen LogP contribution is 2.31. The smallest absolute Gasteiger partial charge is 0.307 e. The van der Waals surface area contributed by atoms with E-state index in [0.717, 1.165) is 24.3 Å². The number of sulfonamides is 1. The lowest BCUT2D eigenvalue weighted by atomic mass is 9.99. The molecule has 2 aromatic carbocycles. The standard InChI is InChI=1S/C22H26F4N2O2S/c1-4-6-18-13-19(22(24,25)26)10-8-16(18)7-5-12-27-15(2)17-9-11-21(20(23)14-17)28-31(3,29)30/h5,7-11,13-15,27-28H,4,6,12H2,1-3H3/b7-5+. The Morgan fingerprint density at radius 3 is 2.42 bits per heavy atom. The lowest BCUT2D eigenvalue weighted by Gasteiger charge is -2.15. The third-order valence-corrected chi connectivity index (χ3v) is 5.21. The largest absolute Gasteiger partial charge is 0.416 e. The molecule has 170 valence electrons. The molecule has 2 aromatic rings. The van der Waals surface area contributed by atoms with E-state index < -0.39 is 27.6 Å². The number of anilines is 1. The average Bonchev–Trinajstić information content (AvgIpc) is 2.66. The van der Waals surface area contributed by atoms with Crippen molar-refractivity contribution in [2.24, 2.45) is 0 Å². The number of nitrogens with one attached hydrogen (secondary N) is 2. The van der Waals surface area contributed by atoms with Crippen LogP contribution in [-0.4, -0.2) is 21.2 Å². The summed E-state index contributed by atoms with van der Waals surface area (Å²) in [6.07, 6.45) is 1.41. The van der Waals surface area contributed by atoms with Crippen LogP contribution < -0.4 is 10.0 Å². The molecule has 31 heavy (non-hydrogen) atoms. The predicted molar refractivity (Wildman–Crippen MR) is 116 cm³/mol. The number of benzene rings is 2. The van der Waals surface area contributed by atoms with Crippen LogP contribution in [0.5, 0.6) is 0 Å². The van der Waals surface area contributed by atoms with E-state index in [1.807, 2.05) is 13.8 Å².